The van der Waals surface area contributed by atoms with Crippen molar-refractivity contribution >= 4 is 11.6 Å². The molecule has 0 aromatic heterocycles. The molecule has 4 heteroatoms. The molecule has 17 heavy (non-hydrogen) atoms. The van der Waals surface area contributed by atoms with Gasteiger partial charge in [0.05, 0.1) is 11.8 Å². The molecule has 1 amide bonds. The Morgan fingerprint density at radius 3 is 2.47 bits per heavy atom. The lowest BCUT2D eigenvalue weighted by atomic mass is 10.1. The third-order valence-electron chi connectivity index (χ3n) is 2.75. The molecule has 0 aliphatic carbocycles. The minimum Gasteiger partial charge on any atom is -0.488 e. The van der Waals surface area contributed by atoms with E-state index in [2.05, 4.69) is 19.2 Å². The Labute approximate surface area is 102 Å². The van der Waals surface area contributed by atoms with Crippen molar-refractivity contribution in [2.75, 3.05) is 12.8 Å². The van der Waals surface area contributed by atoms with Crippen LogP contribution in [0.3, 0.4) is 0 Å². The third-order valence-corrected chi connectivity index (χ3v) is 2.75. The number of rotatable bonds is 4. The summed E-state index contributed by atoms with van der Waals surface area (Å²) in [6.45, 7) is 6.16. The summed E-state index contributed by atoms with van der Waals surface area (Å²) in [7, 11) is 1.59. The molecule has 1 aromatic rings. The molecule has 0 bridgehead atoms. The van der Waals surface area contributed by atoms with Crippen molar-refractivity contribution in [1.29, 1.82) is 0 Å². The predicted molar refractivity (Wildman–Crippen MR) is 69.2 cm³/mol. The number of nitrogen functional groups attached to an aromatic ring is 1. The van der Waals surface area contributed by atoms with Crippen molar-refractivity contribution in [3.63, 3.8) is 0 Å². The molecule has 1 rings (SSSR count). The smallest absolute Gasteiger partial charge is 0.251 e. The SMILES string of the molecule is CNC(=O)c1ccc(OC(C)C(C)C)c(N)c1. The summed E-state index contributed by atoms with van der Waals surface area (Å²) in [5.41, 5.74) is 6.88. The number of hydrogen-bond donors (Lipinski definition) is 2. The molecule has 4 nitrogen and oxygen atoms in total. The van der Waals surface area contributed by atoms with Crippen LogP contribution in [0, 0.1) is 5.92 Å². The molecule has 0 saturated heterocycles. The van der Waals surface area contributed by atoms with Crippen molar-refractivity contribution in [3.05, 3.63) is 23.8 Å². The van der Waals surface area contributed by atoms with E-state index in [0.717, 1.165) is 0 Å². The molecule has 1 aromatic carbocycles. The molecule has 94 valence electrons. The fourth-order valence-electron chi connectivity index (χ4n) is 1.28. The zero-order valence-corrected chi connectivity index (χ0v) is 10.8. The summed E-state index contributed by atoms with van der Waals surface area (Å²) in [6.07, 6.45) is 0.0863. The van der Waals surface area contributed by atoms with E-state index in [0.29, 0.717) is 22.9 Å². The zero-order chi connectivity index (χ0) is 13.0. The van der Waals surface area contributed by atoms with Gasteiger partial charge in [0.1, 0.15) is 5.75 Å². The molecular weight excluding hydrogens is 216 g/mol. The highest BCUT2D eigenvalue weighted by atomic mass is 16.5. The fraction of sp³-hybridized carbons (Fsp3) is 0.462. The fourth-order valence-corrected chi connectivity index (χ4v) is 1.28. The maximum absolute atomic E-state index is 11.4. The normalized spacial score (nSPS) is 12.3. The number of amides is 1. The Kier molecular flexibility index (Phi) is 4.37. The first-order valence-corrected chi connectivity index (χ1v) is 5.74. The Morgan fingerprint density at radius 1 is 1.35 bits per heavy atom. The van der Waals surface area contributed by atoms with Gasteiger partial charge in [0.25, 0.3) is 5.91 Å². The second-order valence-electron chi connectivity index (χ2n) is 4.40. The molecule has 3 N–H and O–H groups in total. The third kappa shape index (κ3) is 3.37. The highest BCUT2D eigenvalue weighted by Gasteiger charge is 2.12. The number of nitrogens with two attached hydrogens (primary N) is 1. The predicted octanol–water partition coefficient (Wildman–Crippen LogP) is 2.05. The Morgan fingerprint density at radius 2 is 2.00 bits per heavy atom. The van der Waals surface area contributed by atoms with Crippen LogP contribution in [0.15, 0.2) is 18.2 Å². The minimum atomic E-state index is -0.153. The molecule has 0 saturated carbocycles. The number of ether oxygens (including phenoxy) is 1. The zero-order valence-electron chi connectivity index (χ0n) is 10.8. The standard InChI is InChI=1S/C13H20N2O2/c1-8(2)9(3)17-12-6-5-10(7-11(12)14)13(16)15-4/h5-9H,14H2,1-4H3,(H,15,16). The Balaban J connectivity index is 2.87. The second kappa shape index (κ2) is 5.57. The van der Waals surface area contributed by atoms with Gasteiger partial charge in [-0.25, -0.2) is 0 Å². The number of carbonyl (C=O) groups is 1. The summed E-state index contributed by atoms with van der Waals surface area (Å²) >= 11 is 0. The van der Waals surface area contributed by atoms with Crippen LogP contribution in [-0.2, 0) is 0 Å². The first kappa shape index (κ1) is 13.4. The largest absolute Gasteiger partial charge is 0.488 e. The highest BCUT2D eigenvalue weighted by molar-refractivity contribution is 5.95. The van der Waals surface area contributed by atoms with Crippen LogP contribution in [0.5, 0.6) is 5.75 Å². The van der Waals surface area contributed by atoms with Crippen molar-refractivity contribution in [2.24, 2.45) is 5.92 Å². The van der Waals surface area contributed by atoms with Gasteiger partial charge in [-0.1, -0.05) is 13.8 Å². The average Bonchev–Trinajstić information content (AvgIpc) is 2.30. The van der Waals surface area contributed by atoms with Gasteiger partial charge in [0, 0.05) is 12.6 Å². The number of nitrogens with one attached hydrogen (secondary N) is 1. The molecule has 0 fully saturated rings. The van der Waals surface area contributed by atoms with E-state index >= 15 is 0 Å². The lowest BCUT2D eigenvalue weighted by Gasteiger charge is -2.19. The lowest BCUT2D eigenvalue weighted by Crippen LogP contribution is -2.20. The Hall–Kier alpha value is -1.71. The van der Waals surface area contributed by atoms with Crippen molar-refractivity contribution in [2.45, 2.75) is 26.9 Å². The van der Waals surface area contributed by atoms with E-state index < -0.39 is 0 Å². The molecule has 1 atom stereocenters. The number of anilines is 1. The van der Waals surface area contributed by atoms with E-state index in [1.165, 1.54) is 0 Å². The van der Waals surface area contributed by atoms with Crippen molar-refractivity contribution in [3.8, 4) is 5.75 Å². The number of carbonyl (C=O) groups excluding carboxylic acids is 1. The summed E-state index contributed by atoms with van der Waals surface area (Å²) in [5, 5.41) is 2.55. The van der Waals surface area contributed by atoms with Crippen molar-refractivity contribution < 1.29 is 9.53 Å². The van der Waals surface area contributed by atoms with Gasteiger partial charge < -0.3 is 15.8 Å². The van der Waals surface area contributed by atoms with Crippen LogP contribution < -0.4 is 15.8 Å². The molecule has 0 spiro atoms. The summed E-state index contributed by atoms with van der Waals surface area (Å²) in [5.74, 6) is 0.882. The second-order valence-corrected chi connectivity index (χ2v) is 4.40. The van der Waals surface area contributed by atoms with E-state index in [4.69, 9.17) is 10.5 Å². The number of hydrogen-bond acceptors (Lipinski definition) is 3. The maximum atomic E-state index is 11.4. The monoisotopic (exact) mass is 236 g/mol. The number of benzene rings is 1. The van der Waals surface area contributed by atoms with Gasteiger partial charge in [-0.15, -0.1) is 0 Å². The highest BCUT2D eigenvalue weighted by Crippen LogP contribution is 2.25. The topological polar surface area (TPSA) is 64.3 Å². The summed E-state index contributed by atoms with van der Waals surface area (Å²) in [4.78, 5) is 11.4. The van der Waals surface area contributed by atoms with Crippen LogP contribution in [-0.4, -0.2) is 19.1 Å². The maximum Gasteiger partial charge on any atom is 0.251 e. The first-order valence-electron chi connectivity index (χ1n) is 5.74. The molecule has 1 unspecified atom stereocenters. The van der Waals surface area contributed by atoms with Gasteiger partial charge >= 0.3 is 0 Å². The molecular formula is C13H20N2O2. The molecule has 0 aliphatic heterocycles. The first-order chi connectivity index (χ1) is 7.95. The molecule has 0 radical (unpaired) electrons. The van der Waals surface area contributed by atoms with Crippen LogP contribution >= 0.6 is 0 Å². The van der Waals surface area contributed by atoms with E-state index in [1.807, 2.05) is 6.92 Å². The average molecular weight is 236 g/mol. The molecule has 0 aliphatic rings. The van der Waals surface area contributed by atoms with Crippen LogP contribution in [0.1, 0.15) is 31.1 Å². The minimum absolute atomic E-state index is 0.0863. The van der Waals surface area contributed by atoms with Gasteiger partial charge in [0.2, 0.25) is 0 Å². The lowest BCUT2D eigenvalue weighted by molar-refractivity contribution is 0.0963. The quantitative estimate of drug-likeness (QED) is 0.786. The van der Waals surface area contributed by atoms with Gasteiger partial charge in [-0.3, -0.25) is 4.79 Å². The van der Waals surface area contributed by atoms with Crippen LogP contribution in [0.4, 0.5) is 5.69 Å². The van der Waals surface area contributed by atoms with E-state index in [9.17, 15) is 4.79 Å². The summed E-state index contributed by atoms with van der Waals surface area (Å²) in [6, 6.07) is 5.07. The van der Waals surface area contributed by atoms with Crippen molar-refractivity contribution in [1.82, 2.24) is 5.32 Å². The van der Waals surface area contributed by atoms with Gasteiger partial charge in [0.15, 0.2) is 0 Å². The van der Waals surface area contributed by atoms with Gasteiger partial charge in [-0.2, -0.15) is 0 Å². The van der Waals surface area contributed by atoms with Crippen LogP contribution in [0.2, 0.25) is 0 Å². The Bertz CT molecular complexity index is 402. The van der Waals surface area contributed by atoms with Crippen LogP contribution in [0.25, 0.3) is 0 Å². The summed E-state index contributed by atoms with van der Waals surface area (Å²) < 4.78 is 5.72. The van der Waals surface area contributed by atoms with E-state index in [1.54, 1.807) is 25.2 Å². The molecule has 0 heterocycles. The van der Waals surface area contributed by atoms with Gasteiger partial charge in [-0.05, 0) is 31.0 Å². The van der Waals surface area contributed by atoms with E-state index in [-0.39, 0.29) is 12.0 Å².